The maximum Gasteiger partial charge on any atom is 0.225 e. The van der Waals surface area contributed by atoms with Gasteiger partial charge in [0.15, 0.2) is 11.0 Å². The Kier molecular flexibility index (Phi) is 5.90. The van der Waals surface area contributed by atoms with E-state index in [9.17, 15) is 9.18 Å². The van der Waals surface area contributed by atoms with E-state index < -0.39 is 0 Å². The van der Waals surface area contributed by atoms with E-state index in [1.54, 1.807) is 54.1 Å². The first-order chi connectivity index (χ1) is 12.5. The van der Waals surface area contributed by atoms with E-state index in [0.717, 1.165) is 0 Å². The number of halogens is 2. The van der Waals surface area contributed by atoms with E-state index >= 15 is 0 Å². The summed E-state index contributed by atoms with van der Waals surface area (Å²) in [6, 6.07) is 13.4. The topological polar surface area (TPSA) is 59.8 Å². The zero-order chi connectivity index (χ0) is 18.5. The number of benzene rings is 2. The number of thioether (sulfide) groups is 1. The molecule has 0 bridgehead atoms. The third-order valence-electron chi connectivity index (χ3n) is 3.62. The zero-order valence-electron chi connectivity index (χ0n) is 13.9. The van der Waals surface area contributed by atoms with Crippen molar-refractivity contribution in [3.05, 3.63) is 59.4 Å². The molecule has 0 unspecified atom stereocenters. The SMILES string of the molecule is Cn1c(SCCC(=O)Nc2cccc(Cl)c2)nnc1-c1ccccc1F. The van der Waals surface area contributed by atoms with E-state index in [2.05, 4.69) is 15.5 Å². The molecule has 8 heteroatoms. The van der Waals surface area contributed by atoms with Crippen LogP contribution in [0.2, 0.25) is 5.02 Å². The highest BCUT2D eigenvalue weighted by atomic mass is 35.5. The van der Waals surface area contributed by atoms with E-state index in [1.165, 1.54) is 17.8 Å². The fraction of sp³-hybridized carbons (Fsp3) is 0.167. The minimum atomic E-state index is -0.347. The molecule has 0 aliphatic rings. The van der Waals surface area contributed by atoms with Gasteiger partial charge in [-0.25, -0.2) is 4.39 Å². The third-order valence-corrected chi connectivity index (χ3v) is 4.88. The summed E-state index contributed by atoms with van der Waals surface area (Å²) in [4.78, 5) is 12.0. The minimum Gasteiger partial charge on any atom is -0.326 e. The van der Waals surface area contributed by atoms with Crippen molar-refractivity contribution in [2.75, 3.05) is 11.1 Å². The number of amides is 1. The maximum atomic E-state index is 13.9. The lowest BCUT2D eigenvalue weighted by atomic mass is 10.2. The molecule has 3 rings (SSSR count). The van der Waals surface area contributed by atoms with E-state index in [1.807, 2.05) is 0 Å². The van der Waals surface area contributed by atoms with Gasteiger partial charge >= 0.3 is 0 Å². The largest absolute Gasteiger partial charge is 0.326 e. The van der Waals surface area contributed by atoms with Crippen molar-refractivity contribution >= 4 is 35.0 Å². The summed E-state index contributed by atoms with van der Waals surface area (Å²) in [6.07, 6.45) is 0.305. The van der Waals surface area contributed by atoms with Crippen LogP contribution in [0.1, 0.15) is 6.42 Å². The smallest absolute Gasteiger partial charge is 0.225 e. The molecule has 5 nitrogen and oxygen atoms in total. The normalized spacial score (nSPS) is 10.7. The number of hydrogen-bond acceptors (Lipinski definition) is 4. The molecular formula is C18H16ClFN4OS. The number of anilines is 1. The van der Waals surface area contributed by atoms with Gasteiger partial charge in [-0.1, -0.05) is 41.6 Å². The van der Waals surface area contributed by atoms with Gasteiger partial charge in [-0.3, -0.25) is 4.79 Å². The molecule has 26 heavy (non-hydrogen) atoms. The Bertz CT molecular complexity index is 931. The second kappa shape index (κ2) is 8.33. The van der Waals surface area contributed by atoms with Crippen LogP contribution in [-0.2, 0) is 11.8 Å². The number of aromatic nitrogens is 3. The summed E-state index contributed by atoms with van der Waals surface area (Å²) in [5.74, 6) is 0.515. The van der Waals surface area contributed by atoms with Crippen LogP contribution in [0.5, 0.6) is 0 Å². The number of nitrogens with zero attached hydrogens (tertiary/aromatic N) is 3. The number of rotatable bonds is 6. The molecule has 0 spiro atoms. The van der Waals surface area contributed by atoms with Gasteiger partial charge in [-0.05, 0) is 30.3 Å². The quantitative estimate of drug-likeness (QED) is 0.634. The molecule has 3 aromatic rings. The van der Waals surface area contributed by atoms with Crippen molar-refractivity contribution in [2.45, 2.75) is 11.6 Å². The summed E-state index contributed by atoms with van der Waals surface area (Å²) >= 11 is 7.28. The Morgan fingerprint density at radius 3 is 2.81 bits per heavy atom. The Hall–Kier alpha value is -2.38. The molecule has 0 saturated heterocycles. The second-order valence-electron chi connectivity index (χ2n) is 5.50. The van der Waals surface area contributed by atoms with Crippen molar-refractivity contribution in [3.63, 3.8) is 0 Å². The first-order valence-electron chi connectivity index (χ1n) is 7.87. The van der Waals surface area contributed by atoms with Gasteiger partial charge in [0.2, 0.25) is 5.91 Å². The van der Waals surface area contributed by atoms with Gasteiger partial charge in [-0.15, -0.1) is 10.2 Å². The molecule has 0 saturated carbocycles. The molecular weight excluding hydrogens is 375 g/mol. The molecule has 134 valence electrons. The highest BCUT2D eigenvalue weighted by Crippen LogP contribution is 2.25. The van der Waals surface area contributed by atoms with Crippen LogP contribution in [0.4, 0.5) is 10.1 Å². The number of hydrogen-bond donors (Lipinski definition) is 1. The molecule has 0 aliphatic carbocycles. The van der Waals surface area contributed by atoms with Crippen molar-refractivity contribution in [1.82, 2.24) is 14.8 Å². The van der Waals surface area contributed by atoms with Crippen LogP contribution >= 0.6 is 23.4 Å². The van der Waals surface area contributed by atoms with Gasteiger partial charge in [0.05, 0.1) is 5.56 Å². The summed E-state index contributed by atoms with van der Waals surface area (Å²) in [5, 5.41) is 12.1. The van der Waals surface area contributed by atoms with E-state index in [4.69, 9.17) is 11.6 Å². The molecule has 0 radical (unpaired) electrons. The zero-order valence-corrected chi connectivity index (χ0v) is 15.5. The standard InChI is InChI=1S/C18H16ClFN4OS/c1-24-17(14-7-2-3-8-15(14)20)22-23-18(24)26-10-9-16(25)21-13-6-4-5-12(19)11-13/h2-8,11H,9-10H2,1H3,(H,21,25). The lowest BCUT2D eigenvalue weighted by molar-refractivity contribution is -0.115. The van der Waals surface area contributed by atoms with Crippen LogP contribution in [0.15, 0.2) is 53.7 Å². The maximum absolute atomic E-state index is 13.9. The van der Waals surface area contributed by atoms with Crippen molar-refractivity contribution in [1.29, 1.82) is 0 Å². The Morgan fingerprint density at radius 2 is 2.04 bits per heavy atom. The third kappa shape index (κ3) is 4.42. The van der Waals surface area contributed by atoms with Gasteiger partial charge in [0.25, 0.3) is 0 Å². The molecule has 2 aromatic carbocycles. The summed E-state index contributed by atoms with van der Waals surface area (Å²) < 4.78 is 15.6. The monoisotopic (exact) mass is 390 g/mol. The average molecular weight is 391 g/mol. The molecule has 1 heterocycles. The minimum absolute atomic E-state index is 0.115. The number of carbonyl (C=O) groups is 1. The van der Waals surface area contributed by atoms with Gasteiger partial charge < -0.3 is 9.88 Å². The number of carbonyl (C=O) groups excluding carboxylic acids is 1. The predicted octanol–water partition coefficient (Wildman–Crippen LogP) is 4.40. The fourth-order valence-corrected chi connectivity index (χ4v) is 3.38. The average Bonchev–Trinajstić information content (AvgIpc) is 2.96. The molecule has 1 N–H and O–H groups in total. The Morgan fingerprint density at radius 1 is 1.23 bits per heavy atom. The van der Waals surface area contributed by atoms with Crippen LogP contribution in [0, 0.1) is 5.82 Å². The molecule has 0 aliphatic heterocycles. The highest BCUT2D eigenvalue weighted by Gasteiger charge is 2.14. The van der Waals surface area contributed by atoms with Crippen LogP contribution < -0.4 is 5.32 Å². The van der Waals surface area contributed by atoms with Crippen molar-refractivity contribution < 1.29 is 9.18 Å². The van der Waals surface area contributed by atoms with Gasteiger partial charge in [0, 0.05) is 29.9 Å². The van der Waals surface area contributed by atoms with Gasteiger partial charge in [-0.2, -0.15) is 0 Å². The first-order valence-corrected chi connectivity index (χ1v) is 9.23. The lowest BCUT2D eigenvalue weighted by Crippen LogP contribution is -2.12. The Labute approximate surface area is 159 Å². The Balaban J connectivity index is 1.57. The highest BCUT2D eigenvalue weighted by molar-refractivity contribution is 7.99. The number of nitrogens with one attached hydrogen (secondary N) is 1. The van der Waals surface area contributed by atoms with E-state index in [-0.39, 0.29) is 11.7 Å². The van der Waals surface area contributed by atoms with Crippen LogP contribution in [0.3, 0.4) is 0 Å². The van der Waals surface area contributed by atoms with E-state index in [0.29, 0.717) is 39.4 Å². The first kappa shape index (κ1) is 18.4. The predicted molar refractivity (Wildman–Crippen MR) is 102 cm³/mol. The molecule has 0 fully saturated rings. The van der Waals surface area contributed by atoms with Crippen LogP contribution in [-0.4, -0.2) is 26.4 Å². The molecule has 0 atom stereocenters. The molecule has 1 amide bonds. The van der Waals surface area contributed by atoms with Crippen LogP contribution in [0.25, 0.3) is 11.4 Å². The van der Waals surface area contributed by atoms with Crippen molar-refractivity contribution in [2.24, 2.45) is 7.05 Å². The molecule has 1 aromatic heterocycles. The fourth-order valence-electron chi connectivity index (χ4n) is 2.34. The summed E-state index contributed by atoms with van der Waals surface area (Å²) in [5.41, 5.74) is 1.06. The second-order valence-corrected chi connectivity index (χ2v) is 7.00. The van der Waals surface area contributed by atoms with Gasteiger partial charge in [0.1, 0.15) is 5.82 Å². The summed E-state index contributed by atoms with van der Waals surface area (Å²) in [6.45, 7) is 0. The lowest BCUT2D eigenvalue weighted by Gasteiger charge is -2.06. The summed E-state index contributed by atoms with van der Waals surface area (Å²) in [7, 11) is 1.77. The van der Waals surface area contributed by atoms with Crippen molar-refractivity contribution in [3.8, 4) is 11.4 Å².